The molecule has 0 fully saturated rings. The molecule has 6 heteroatoms. The summed E-state index contributed by atoms with van der Waals surface area (Å²) in [6.45, 7) is 3.87. The van der Waals surface area contributed by atoms with Crippen molar-refractivity contribution in [3.05, 3.63) is 46.2 Å². The van der Waals surface area contributed by atoms with Crippen LogP contribution in [-0.4, -0.2) is 20.3 Å². The van der Waals surface area contributed by atoms with E-state index in [9.17, 15) is 5.11 Å². The summed E-state index contributed by atoms with van der Waals surface area (Å²) in [4.78, 5) is 5.41. The fraction of sp³-hybridized carbons (Fsp3) is 0.214. The van der Waals surface area contributed by atoms with E-state index in [0.717, 1.165) is 27.0 Å². The number of anilines is 1. The van der Waals surface area contributed by atoms with E-state index < -0.39 is 6.10 Å². The summed E-state index contributed by atoms with van der Waals surface area (Å²) in [7, 11) is 0. The first-order valence-corrected chi connectivity index (χ1v) is 7.01. The van der Waals surface area contributed by atoms with Gasteiger partial charge in [-0.3, -0.25) is 4.98 Å². The standard InChI is InChI=1S/C14H14N4OS/c1-7-8(2)17-18-14-10(7)11(15)13(20-14)12(19)9-3-5-16-6-4-9/h3-6,12,19H,15H2,1-2H3. The van der Waals surface area contributed by atoms with Crippen LogP contribution >= 0.6 is 11.3 Å². The number of aliphatic hydroxyl groups is 1. The van der Waals surface area contributed by atoms with E-state index in [1.165, 1.54) is 11.3 Å². The summed E-state index contributed by atoms with van der Waals surface area (Å²) in [5.41, 5.74) is 9.43. The summed E-state index contributed by atoms with van der Waals surface area (Å²) in [5.74, 6) is 0. The topological polar surface area (TPSA) is 84.9 Å². The Balaban J connectivity index is 2.18. The second-order valence-electron chi connectivity index (χ2n) is 4.65. The Kier molecular flexibility index (Phi) is 3.11. The first kappa shape index (κ1) is 13.0. The zero-order valence-electron chi connectivity index (χ0n) is 11.2. The Hall–Kier alpha value is -2.05. The SMILES string of the molecule is Cc1nnc2sc(C(O)c3ccncc3)c(N)c2c1C. The number of aliphatic hydroxyl groups excluding tert-OH is 1. The fourth-order valence-electron chi connectivity index (χ4n) is 2.16. The smallest absolute Gasteiger partial charge is 0.148 e. The lowest BCUT2D eigenvalue weighted by molar-refractivity contribution is 0.225. The molecule has 1 atom stereocenters. The number of aromatic nitrogens is 3. The zero-order chi connectivity index (χ0) is 14.3. The molecule has 3 rings (SSSR count). The van der Waals surface area contributed by atoms with E-state index in [0.29, 0.717) is 10.6 Å². The summed E-state index contributed by atoms with van der Waals surface area (Å²) in [6, 6.07) is 3.55. The maximum Gasteiger partial charge on any atom is 0.148 e. The molecule has 102 valence electrons. The monoisotopic (exact) mass is 286 g/mol. The normalized spacial score (nSPS) is 12.8. The molecule has 0 aliphatic heterocycles. The van der Waals surface area contributed by atoms with Gasteiger partial charge >= 0.3 is 0 Å². The summed E-state index contributed by atoms with van der Waals surface area (Å²) < 4.78 is 0. The lowest BCUT2D eigenvalue weighted by Gasteiger charge is -2.09. The van der Waals surface area contributed by atoms with E-state index in [1.807, 2.05) is 13.8 Å². The molecule has 0 aliphatic rings. The molecule has 3 aromatic heterocycles. The Morgan fingerprint density at radius 2 is 1.90 bits per heavy atom. The highest BCUT2D eigenvalue weighted by molar-refractivity contribution is 7.19. The number of fused-ring (bicyclic) bond motifs is 1. The fourth-order valence-corrected chi connectivity index (χ4v) is 3.27. The van der Waals surface area contributed by atoms with Crippen LogP contribution < -0.4 is 5.73 Å². The average Bonchev–Trinajstić information content (AvgIpc) is 2.81. The van der Waals surface area contributed by atoms with Crippen molar-refractivity contribution in [3.8, 4) is 0 Å². The molecule has 0 saturated carbocycles. The molecule has 5 nitrogen and oxygen atoms in total. The van der Waals surface area contributed by atoms with Gasteiger partial charge in [0.2, 0.25) is 0 Å². The first-order chi connectivity index (χ1) is 9.59. The van der Waals surface area contributed by atoms with E-state index in [2.05, 4.69) is 15.2 Å². The van der Waals surface area contributed by atoms with Crippen LogP contribution in [0.4, 0.5) is 5.69 Å². The number of thiophene rings is 1. The Morgan fingerprint density at radius 1 is 1.20 bits per heavy atom. The van der Waals surface area contributed by atoms with E-state index in [1.54, 1.807) is 24.5 Å². The lowest BCUT2D eigenvalue weighted by atomic mass is 10.1. The van der Waals surface area contributed by atoms with Gasteiger partial charge in [-0.1, -0.05) is 0 Å². The number of nitrogens with zero attached hydrogens (tertiary/aromatic N) is 3. The van der Waals surface area contributed by atoms with Gasteiger partial charge in [-0.05, 0) is 37.1 Å². The zero-order valence-corrected chi connectivity index (χ0v) is 12.0. The van der Waals surface area contributed by atoms with Gasteiger partial charge in [0.1, 0.15) is 10.9 Å². The van der Waals surface area contributed by atoms with Crippen molar-refractivity contribution >= 4 is 27.2 Å². The number of hydrogen-bond donors (Lipinski definition) is 2. The van der Waals surface area contributed by atoms with Crippen molar-refractivity contribution in [1.82, 2.24) is 15.2 Å². The molecule has 3 N–H and O–H groups in total. The first-order valence-electron chi connectivity index (χ1n) is 6.19. The second kappa shape index (κ2) is 4.81. The number of nitrogens with two attached hydrogens (primary N) is 1. The minimum absolute atomic E-state index is 0.588. The predicted octanol–water partition coefficient (Wildman–Crippen LogP) is 2.37. The number of rotatable bonds is 2. The molecule has 0 radical (unpaired) electrons. The van der Waals surface area contributed by atoms with Crippen molar-refractivity contribution < 1.29 is 5.11 Å². The third kappa shape index (κ3) is 1.93. The van der Waals surface area contributed by atoms with Crippen molar-refractivity contribution in [2.24, 2.45) is 0 Å². The van der Waals surface area contributed by atoms with Crippen LogP contribution in [-0.2, 0) is 0 Å². The Bertz CT molecular complexity index is 770. The number of aryl methyl sites for hydroxylation is 2. The molecule has 1 unspecified atom stereocenters. The van der Waals surface area contributed by atoms with Crippen molar-refractivity contribution in [2.45, 2.75) is 20.0 Å². The van der Waals surface area contributed by atoms with Crippen LogP contribution in [0, 0.1) is 13.8 Å². The van der Waals surface area contributed by atoms with Crippen LogP contribution in [0.25, 0.3) is 10.2 Å². The molecular weight excluding hydrogens is 272 g/mol. The third-order valence-electron chi connectivity index (χ3n) is 3.43. The molecule has 0 saturated heterocycles. The summed E-state index contributed by atoms with van der Waals surface area (Å²) in [5, 5.41) is 19.7. The Morgan fingerprint density at radius 3 is 2.60 bits per heavy atom. The Labute approximate surface area is 120 Å². The van der Waals surface area contributed by atoms with Crippen LogP contribution in [0.15, 0.2) is 24.5 Å². The molecule has 0 spiro atoms. The van der Waals surface area contributed by atoms with Gasteiger partial charge in [0, 0.05) is 17.8 Å². The summed E-state index contributed by atoms with van der Waals surface area (Å²) in [6.07, 6.45) is 2.53. The van der Waals surface area contributed by atoms with Gasteiger partial charge in [0.15, 0.2) is 0 Å². The molecular formula is C14H14N4OS. The predicted molar refractivity (Wildman–Crippen MR) is 79.6 cm³/mol. The van der Waals surface area contributed by atoms with Gasteiger partial charge in [-0.2, -0.15) is 5.10 Å². The maximum absolute atomic E-state index is 10.5. The van der Waals surface area contributed by atoms with Gasteiger partial charge in [0.05, 0.1) is 16.3 Å². The molecule has 3 aromatic rings. The number of pyridine rings is 1. The van der Waals surface area contributed by atoms with Crippen molar-refractivity contribution in [2.75, 3.05) is 5.73 Å². The van der Waals surface area contributed by atoms with Crippen LogP contribution in [0.5, 0.6) is 0 Å². The minimum atomic E-state index is -0.767. The lowest BCUT2D eigenvalue weighted by Crippen LogP contribution is -2.01. The highest BCUT2D eigenvalue weighted by atomic mass is 32.1. The summed E-state index contributed by atoms with van der Waals surface area (Å²) >= 11 is 1.38. The largest absolute Gasteiger partial charge is 0.397 e. The quantitative estimate of drug-likeness (QED) is 0.755. The highest BCUT2D eigenvalue weighted by Gasteiger charge is 2.21. The van der Waals surface area contributed by atoms with Gasteiger partial charge in [-0.25, -0.2) is 0 Å². The molecule has 0 aliphatic carbocycles. The van der Waals surface area contributed by atoms with Crippen LogP contribution in [0.1, 0.15) is 27.8 Å². The molecule has 0 amide bonds. The molecule has 0 aromatic carbocycles. The van der Waals surface area contributed by atoms with Gasteiger partial charge in [-0.15, -0.1) is 16.4 Å². The third-order valence-corrected chi connectivity index (χ3v) is 4.58. The van der Waals surface area contributed by atoms with Crippen molar-refractivity contribution in [1.29, 1.82) is 0 Å². The van der Waals surface area contributed by atoms with Crippen LogP contribution in [0.2, 0.25) is 0 Å². The average molecular weight is 286 g/mol. The highest BCUT2D eigenvalue weighted by Crippen LogP contribution is 2.40. The minimum Gasteiger partial charge on any atom is -0.397 e. The van der Waals surface area contributed by atoms with Crippen LogP contribution in [0.3, 0.4) is 0 Å². The van der Waals surface area contributed by atoms with Gasteiger partial charge < -0.3 is 10.8 Å². The van der Waals surface area contributed by atoms with E-state index in [-0.39, 0.29) is 0 Å². The van der Waals surface area contributed by atoms with Crippen molar-refractivity contribution in [3.63, 3.8) is 0 Å². The van der Waals surface area contributed by atoms with Gasteiger partial charge in [0.25, 0.3) is 0 Å². The maximum atomic E-state index is 10.5. The van der Waals surface area contributed by atoms with E-state index in [4.69, 9.17) is 5.73 Å². The molecule has 0 bridgehead atoms. The number of hydrogen-bond acceptors (Lipinski definition) is 6. The molecule has 20 heavy (non-hydrogen) atoms. The second-order valence-corrected chi connectivity index (χ2v) is 5.68. The molecule has 3 heterocycles. The number of nitrogen functional groups attached to an aromatic ring is 1. The van der Waals surface area contributed by atoms with E-state index >= 15 is 0 Å².